The SMILES string of the molecule is COc1ccc(C(=O)N[C@@H](CC(=O)O)c2ccccc2C)nc1-c1ccc(C)cc1.COc1ccc(C(=O)N[C@@H](CC(=O)O)c2ccccc2C)nc1-c1ccc(Cl)cc1. The van der Waals surface area contributed by atoms with Crippen LogP contribution in [-0.4, -0.2) is 58.2 Å². The van der Waals surface area contributed by atoms with Gasteiger partial charge in [-0.05, 0) is 79.4 Å². The molecule has 2 heterocycles. The Balaban J connectivity index is 0.000000228. The van der Waals surface area contributed by atoms with E-state index in [9.17, 15) is 29.4 Å². The van der Waals surface area contributed by atoms with E-state index in [1.54, 1.807) is 55.6 Å². The molecule has 0 saturated carbocycles. The van der Waals surface area contributed by atoms with Crippen LogP contribution in [0.25, 0.3) is 22.5 Å². The number of methoxy groups -OCH3 is 2. The zero-order valence-corrected chi connectivity index (χ0v) is 34.5. The van der Waals surface area contributed by atoms with E-state index in [1.165, 1.54) is 7.11 Å². The molecule has 0 aliphatic carbocycles. The van der Waals surface area contributed by atoms with Crippen LogP contribution in [0.4, 0.5) is 0 Å². The van der Waals surface area contributed by atoms with Crippen molar-refractivity contribution < 1.29 is 38.9 Å². The van der Waals surface area contributed by atoms with Crippen LogP contribution in [0, 0.1) is 20.8 Å². The first-order valence-corrected chi connectivity index (χ1v) is 19.2. The highest BCUT2D eigenvalue weighted by Gasteiger charge is 2.24. The number of carbonyl (C=O) groups is 4. The van der Waals surface area contributed by atoms with Gasteiger partial charge < -0.3 is 30.3 Å². The Bertz CT molecular complexity index is 2300. The maximum atomic E-state index is 13.0. The molecule has 4 aromatic carbocycles. The van der Waals surface area contributed by atoms with Gasteiger partial charge in [-0.3, -0.25) is 19.2 Å². The van der Waals surface area contributed by atoms with E-state index >= 15 is 0 Å². The number of aromatic nitrogens is 2. The van der Waals surface area contributed by atoms with Gasteiger partial charge in [0.25, 0.3) is 11.8 Å². The van der Waals surface area contributed by atoms with Gasteiger partial charge in [-0.15, -0.1) is 0 Å². The van der Waals surface area contributed by atoms with Crippen LogP contribution in [0.15, 0.2) is 121 Å². The molecular weight excluding hydrogens is 784 g/mol. The van der Waals surface area contributed by atoms with Gasteiger partial charge in [0.15, 0.2) is 0 Å². The number of nitrogens with zero attached hydrogens (tertiary/aromatic N) is 2. The Kier molecular flexibility index (Phi) is 15.1. The van der Waals surface area contributed by atoms with Crippen molar-refractivity contribution in [2.24, 2.45) is 0 Å². The summed E-state index contributed by atoms with van der Waals surface area (Å²) in [5.74, 6) is -1.85. The Hall–Kier alpha value is -7.05. The number of benzene rings is 4. The molecule has 60 heavy (non-hydrogen) atoms. The van der Waals surface area contributed by atoms with Gasteiger partial charge in [-0.25, -0.2) is 9.97 Å². The average Bonchev–Trinajstić information content (AvgIpc) is 3.23. The van der Waals surface area contributed by atoms with Crippen LogP contribution < -0.4 is 20.1 Å². The van der Waals surface area contributed by atoms with E-state index in [2.05, 4.69) is 20.6 Å². The third kappa shape index (κ3) is 11.5. The minimum Gasteiger partial charge on any atom is -0.494 e. The molecule has 4 N–H and O–H groups in total. The number of carbonyl (C=O) groups excluding carboxylic acids is 2. The highest BCUT2D eigenvalue weighted by atomic mass is 35.5. The number of hydrogen-bond donors (Lipinski definition) is 4. The van der Waals surface area contributed by atoms with Crippen molar-refractivity contribution in [2.45, 2.75) is 45.7 Å². The number of aliphatic carboxylic acids is 2. The first-order valence-electron chi connectivity index (χ1n) is 18.9. The summed E-state index contributed by atoms with van der Waals surface area (Å²) in [6, 6.07) is 34.7. The van der Waals surface area contributed by atoms with Gasteiger partial charge in [-0.1, -0.05) is 102 Å². The molecule has 2 aromatic heterocycles. The second-order valence-electron chi connectivity index (χ2n) is 13.8. The average molecular weight is 829 g/mol. The van der Waals surface area contributed by atoms with Crippen molar-refractivity contribution in [3.63, 3.8) is 0 Å². The highest BCUT2D eigenvalue weighted by molar-refractivity contribution is 6.30. The van der Waals surface area contributed by atoms with Crippen LogP contribution in [0.3, 0.4) is 0 Å². The van der Waals surface area contributed by atoms with Crippen molar-refractivity contribution in [3.8, 4) is 34.0 Å². The van der Waals surface area contributed by atoms with Crippen LogP contribution in [0.1, 0.15) is 73.7 Å². The van der Waals surface area contributed by atoms with Crippen LogP contribution in [0.2, 0.25) is 5.02 Å². The zero-order valence-electron chi connectivity index (χ0n) is 33.7. The molecule has 2 amide bonds. The minimum absolute atomic E-state index is 0.157. The summed E-state index contributed by atoms with van der Waals surface area (Å²) in [6.45, 7) is 5.75. The number of carboxylic acids is 2. The van der Waals surface area contributed by atoms with Gasteiger partial charge >= 0.3 is 11.9 Å². The zero-order chi connectivity index (χ0) is 43.3. The molecular formula is C47H45ClN4O8. The van der Waals surface area contributed by atoms with Crippen molar-refractivity contribution >= 4 is 35.4 Å². The minimum atomic E-state index is -1.01. The number of pyridine rings is 2. The number of aryl methyl sites for hydroxylation is 3. The molecule has 2 atom stereocenters. The molecule has 0 unspecified atom stereocenters. The van der Waals surface area contributed by atoms with Gasteiger partial charge in [0.1, 0.15) is 34.3 Å². The van der Waals surface area contributed by atoms with E-state index in [0.717, 1.165) is 38.9 Å². The lowest BCUT2D eigenvalue weighted by Crippen LogP contribution is -2.31. The summed E-state index contributed by atoms with van der Waals surface area (Å²) in [7, 11) is 3.08. The highest BCUT2D eigenvalue weighted by Crippen LogP contribution is 2.31. The number of ether oxygens (including phenoxy) is 2. The van der Waals surface area contributed by atoms with Crippen molar-refractivity contribution in [3.05, 3.63) is 166 Å². The third-order valence-electron chi connectivity index (χ3n) is 9.56. The van der Waals surface area contributed by atoms with Crippen molar-refractivity contribution in [2.75, 3.05) is 14.2 Å². The summed E-state index contributed by atoms with van der Waals surface area (Å²) in [5.41, 5.74) is 7.39. The van der Waals surface area contributed by atoms with E-state index in [1.807, 2.05) is 93.6 Å². The lowest BCUT2D eigenvalue weighted by atomic mass is 9.98. The number of halogens is 1. The Morgan fingerprint density at radius 1 is 0.567 bits per heavy atom. The summed E-state index contributed by atoms with van der Waals surface area (Å²) < 4.78 is 10.8. The van der Waals surface area contributed by atoms with E-state index in [4.69, 9.17) is 21.1 Å². The normalized spacial score (nSPS) is 11.6. The fourth-order valence-electron chi connectivity index (χ4n) is 6.45. The number of amides is 2. The van der Waals surface area contributed by atoms with Gasteiger partial charge in [0.2, 0.25) is 0 Å². The topological polar surface area (TPSA) is 177 Å². The summed E-state index contributed by atoms with van der Waals surface area (Å²) in [5, 5.41) is 24.8. The quantitative estimate of drug-likeness (QED) is 0.0829. The first kappa shape index (κ1) is 44.1. The Morgan fingerprint density at radius 2 is 0.950 bits per heavy atom. The van der Waals surface area contributed by atoms with Gasteiger partial charge in [0.05, 0.1) is 39.1 Å². The van der Waals surface area contributed by atoms with Crippen LogP contribution in [0.5, 0.6) is 11.5 Å². The lowest BCUT2D eigenvalue weighted by Gasteiger charge is -2.19. The predicted octanol–water partition coefficient (Wildman–Crippen LogP) is 8.98. The summed E-state index contributed by atoms with van der Waals surface area (Å²) in [6.07, 6.45) is -0.464. The monoisotopic (exact) mass is 828 g/mol. The molecule has 0 spiro atoms. The molecule has 0 aliphatic heterocycles. The number of hydrogen-bond acceptors (Lipinski definition) is 8. The molecule has 6 rings (SSSR count). The molecule has 12 nitrogen and oxygen atoms in total. The number of rotatable bonds is 14. The van der Waals surface area contributed by atoms with Gasteiger partial charge in [0, 0.05) is 16.1 Å². The Morgan fingerprint density at radius 3 is 1.32 bits per heavy atom. The molecule has 0 bridgehead atoms. The molecule has 0 saturated heterocycles. The molecule has 13 heteroatoms. The fourth-order valence-corrected chi connectivity index (χ4v) is 6.58. The van der Waals surface area contributed by atoms with Gasteiger partial charge in [-0.2, -0.15) is 0 Å². The maximum Gasteiger partial charge on any atom is 0.305 e. The van der Waals surface area contributed by atoms with E-state index in [-0.39, 0.29) is 24.2 Å². The predicted molar refractivity (Wildman–Crippen MR) is 229 cm³/mol. The standard InChI is InChI=1S/C24H24N2O4.C23H21ClN2O4/c1-15-8-10-17(11-9-15)23-21(30-3)13-12-19(25-23)24(29)26-20(14-22(27)28)18-7-5-4-6-16(18)2;1-14-5-3-4-6-17(14)19(13-21(27)28)26-23(29)18-11-12-20(30-2)22(25-18)15-7-9-16(24)10-8-15/h4-13,20H,14H2,1-3H3,(H,26,29)(H,27,28);3-12,19H,13H2,1-2H3,(H,26,29)(H,27,28)/t20-;19-/m00/s1. The molecule has 0 radical (unpaired) electrons. The summed E-state index contributed by atoms with van der Waals surface area (Å²) >= 11 is 5.96. The van der Waals surface area contributed by atoms with E-state index in [0.29, 0.717) is 27.9 Å². The fraction of sp³-hybridized carbons (Fsp3) is 0.191. The van der Waals surface area contributed by atoms with Crippen molar-refractivity contribution in [1.29, 1.82) is 0 Å². The number of nitrogens with one attached hydrogen (secondary N) is 2. The summed E-state index contributed by atoms with van der Waals surface area (Å²) in [4.78, 5) is 57.6. The van der Waals surface area contributed by atoms with E-state index < -0.39 is 35.8 Å². The first-order chi connectivity index (χ1) is 28.8. The van der Waals surface area contributed by atoms with Crippen LogP contribution in [-0.2, 0) is 9.59 Å². The second-order valence-corrected chi connectivity index (χ2v) is 14.3. The second kappa shape index (κ2) is 20.6. The largest absolute Gasteiger partial charge is 0.494 e. The number of carboxylic acid groups (broad SMARTS) is 2. The van der Waals surface area contributed by atoms with Crippen LogP contribution >= 0.6 is 11.6 Å². The van der Waals surface area contributed by atoms with Crippen molar-refractivity contribution in [1.82, 2.24) is 20.6 Å². The lowest BCUT2D eigenvalue weighted by molar-refractivity contribution is -0.138. The Labute approximate surface area is 353 Å². The molecule has 0 fully saturated rings. The maximum absolute atomic E-state index is 13.0. The molecule has 308 valence electrons. The molecule has 6 aromatic rings. The molecule has 0 aliphatic rings. The smallest absolute Gasteiger partial charge is 0.305 e. The third-order valence-corrected chi connectivity index (χ3v) is 9.81.